The Bertz CT molecular complexity index is 1300. The molecule has 1 saturated carbocycles. The van der Waals surface area contributed by atoms with Crippen molar-refractivity contribution >= 4 is 17.8 Å². The van der Waals surface area contributed by atoms with E-state index in [1.54, 1.807) is 16.8 Å². The van der Waals surface area contributed by atoms with Gasteiger partial charge in [0.15, 0.2) is 5.83 Å². The molecule has 2 aromatic carbocycles. The molecule has 2 aliphatic rings. The average Bonchev–Trinajstić information content (AvgIpc) is 3.35. The summed E-state index contributed by atoms with van der Waals surface area (Å²) < 4.78 is 56.7. The third-order valence-corrected chi connectivity index (χ3v) is 7.17. The van der Waals surface area contributed by atoms with Gasteiger partial charge in [-0.25, -0.2) is 4.39 Å². The van der Waals surface area contributed by atoms with Crippen LogP contribution in [-0.4, -0.2) is 39.9 Å². The number of hydrogen-bond donors (Lipinski definition) is 0. The number of carbonyl (C=O) groups is 1. The Balaban J connectivity index is 1.30. The average molecular weight is 498 g/mol. The Kier molecular flexibility index (Phi) is 6.22. The maximum atomic E-state index is 15.0. The van der Waals surface area contributed by atoms with E-state index in [4.69, 9.17) is 0 Å². The molecule has 8 heteroatoms. The molecule has 5 rings (SSSR count). The molecule has 1 amide bonds. The van der Waals surface area contributed by atoms with E-state index in [1.807, 2.05) is 30.0 Å². The zero-order valence-corrected chi connectivity index (χ0v) is 20.0. The van der Waals surface area contributed by atoms with Gasteiger partial charge in [-0.3, -0.25) is 9.48 Å². The van der Waals surface area contributed by atoms with Crippen molar-refractivity contribution in [3.05, 3.63) is 88.2 Å². The second-order valence-corrected chi connectivity index (χ2v) is 9.72. The Morgan fingerprint density at radius 1 is 1.06 bits per heavy atom. The molecule has 4 nitrogen and oxygen atoms in total. The number of halogens is 4. The first-order valence-electron chi connectivity index (χ1n) is 12.1. The number of hydrogen-bond acceptors (Lipinski definition) is 2. The smallest absolute Gasteiger partial charge is 0.339 e. The highest BCUT2D eigenvalue weighted by atomic mass is 19.4. The van der Waals surface area contributed by atoms with E-state index in [2.05, 4.69) is 5.10 Å². The minimum atomic E-state index is -4.28. The van der Waals surface area contributed by atoms with E-state index >= 15 is 0 Å². The molecule has 0 unspecified atom stereocenters. The molecule has 3 aromatic rings. The molecule has 0 atom stereocenters. The molecule has 36 heavy (non-hydrogen) atoms. The van der Waals surface area contributed by atoms with Gasteiger partial charge < -0.3 is 4.90 Å². The second kappa shape index (κ2) is 9.22. The minimum Gasteiger partial charge on any atom is -0.339 e. The molecule has 2 heterocycles. The van der Waals surface area contributed by atoms with Crippen LogP contribution in [0.25, 0.3) is 11.9 Å². The van der Waals surface area contributed by atoms with Crippen LogP contribution >= 0.6 is 0 Å². The highest BCUT2D eigenvalue weighted by molar-refractivity contribution is 5.94. The number of likely N-dealkylation sites (tertiary alicyclic amines) is 1. The highest BCUT2D eigenvalue weighted by Crippen LogP contribution is 2.58. The zero-order chi connectivity index (χ0) is 25.5. The summed E-state index contributed by atoms with van der Waals surface area (Å²) in [5.74, 6) is -0.547. The van der Waals surface area contributed by atoms with Crippen LogP contribution in [0, 0.1) is 6.92 Å². The summed E-state index contributed by atoms with van der Waals surface area (Å²) in [6.45, 7) is 3.77. The molecular formula is C28H27F4N3O. The number of rotatable bonds is 6. The fourth-order valence-electron chi connectivity index (χ4n) is 4.84. The molecule has 1 aliphatic heterocycles. The van der Waals surface area contributed by atoms with E-state index in [9.17, 15) is 22.4 Å². The second-order valence-electron chi connectivity index (χ2n) is 9.72. The van der Waals surface area contributed by atoms with Crippen molar-refractivity contribution in [2.75, 3.05) is 13.1 Å². The summed E-state index contributed by atoms with van der Waals surface area (Å²) in [6.07, 6.45) is -0.770. The molecule has 0 spiro atoms. The lowest BCUT2D eigenvalue weighted by Gasteiger charge is -2.19. The Labute approximate surface area is 207 Å². The molecule has 0 bridgehead atoms. The molecule has 188 valence electrons. The number of amides is 1. The maximum Gasteiger partial charge on any atom is 0.398 e. The summed E-state index contributed by atoms with van der Waals surface area (Å²) in [6, 6.07) is 14.9. The predicted octanol–water partition coefficient (Wildman–Crippen LogP) is 6.54. The quantitative estimate of drug-likeness (QED) is 0.363. The Hall–Kier alpha value is -3.42. The highest BCUT2D eigenvalue weighted by Gasteiger charge is 2.64. The lowest BCUT2D eigenvalue weighted by molar-refractivity contribution is -0.160. The van der Waals surface area contributed by atoms with Crippen molar-refractivity contribution in [3.8, 4) is 0 Å². The van der Waals surface area contributed by atoms with Gasteiger partial charge >= 0.3 is 6.18 Å². The normalized spacial score (nSPS) is 17.5. The molecular weight excluding hydrogens is 470 g/mol. The number of carbonyl (C=O) groups excluding carboxylic acids is 1. The van der Waals surface area contributed by atoms with Gasteiger partial charge in [-0.1, -0.05) is 36.4 Å². The number of aromatic nitrogens is 2. The first-order chi connectivity index (χ1) is 17.2. The molecule has 1 aromatic heterocycles. The van der Waals surface area contributed by atoms with Crippen molar-refractivity contribution < 1.29 is 22.4 Å². The van der Waals surface area contributed by atoms with Crippen molar-refractivity contribution in [2.45, 2.75) is 50.7 Å². The molecule has 0 N–H and O–H groups in total. The Morgan fingerprint density at radius 2 is 1.75 bits per heavy atom. The zero-order valence-electron chi connectivity index (χ0n) is 20.0. The first kappa shape index (κ1) is 24.3. The van der Waals surface area contributed by atoms with Crippen molar-refractivity contribution in [1.82, 2.24) is 14.7 Å². The van der Waals surface area contributed by atoms with Gasteiger partial charge in [0, 0.05) is 24.3 Å². The van der Waals surface area contributed by atoms with Crippen LogP contribution < -0.4 is 0 Å². The summed E-state index contributed by atoms with van der Waals surface area (Å²) in [5, 5.41) is 4.38. The number of benzene rings is 2. The van der Waals surface area contributed by atoms with E-state index in [0.29, 0.717) is 17.7 Å². The van der Waals surface area contributed by atoms with Gasteiger partial charge in [-0.05, 0) is 73.6 Å². The van der Waals surface area contributed by atoms with Gasteiger partial charge in [-0.2, -0.15) is 18.3 Å². The summed E-state index contributed by atoms with van der Waals surface area (Å²) in [7, 11) is 0. The van der Waals surface area contributed by atoms with Gasteiger partial charge in [0.05, 0.1) is 12.0 Å². The summed E-state index contributed by atoms with van der Waals surface area (Å²) in [5.41, 5.74) is 1.35. The van der Waals surface area contributed by atoms with E-state index in [-0.39, 0.29) is 30.0 Å². The van der Waals surface area contributed by atoms with Gasteiger partial charge in [0.2, 0.25) is 0 Å². The largest absolute Gasteiger partial charge is 0.398 e. The minimum absolute atomic E-state index is 0.0232. The van der Waals surface area contributed by atoms with Crippen LogP contribution in [0.5, 0.6) is 0 Å². The topological polar surface area (TPSA) is 38.1 Å². The summed E-state index contributed by atoms with van der Waals surface area (Å²) in [4.78, 5) is 14.6. The van der Waals surface area contributed by atoms with Crippen molar-refractivity contribution in [3.63, 3.8) is 0 Å². The van der Waals surface area contributed by atoms with Crippen LogP contribution in [0.1, 0.15) is 64.1 Å². The SMILES string of the molecule is Cc1cc(/C(F)=C/c2ccc(C3(C(F)(F)F)CC3)cc2)nn1Cc1cccc(C(=O)N2CCCC2)c1. The van der Waals surface area contributed by atoms with Gasteiger partial charge in [0.1, 0.15) is 5.69 Å². The van der Waals surface area contributed by atoms with Crippen LogP contribution in [0.4, 0.5) is 17.6 Å². The van der Waals surface area contributed by atoms with Crippen LogP contribution in [0.3, 0.4) is 0 Å². The monoisotopic (exact) mass is 497 g/mol. The molecule has 1 saturated heterocycles. The summed E-state index contributed by atoms with van der Waals surface area (Å²) >= 11 is 0. The van der Waals surface area contributed by atoms with Gasteiger partial charge in [0.25, 0.3) is 5.91 Å². The fourth-order valence-corrected chi connectivity index (χ4v) is 4.84. The molecule has 1 aliphatic carbocycles. The van der Waals surface area contributed by atoms with E-state index in [1.165, 1.54) is 30.3 Å². The van der Waals surface area contributed by atoms with E-state index in [0.717, 1.165) is 37.2 Å². The Morgan fingerprint density at radius 3 is 2.39 bits per heavy atom. The number of nitrogens with zero attached hydrogens (tertiary/aromatic N) is 3. The number of aryl methyl sites for hydroxylation is 1. The van der Waals surface area contributed by atoms with E-state index < -0.39 is 17.4 Å². The number of alkyl halides is 3. The lowest BCUT2D eigenvalue weighted by atomic mass is 9.94. The van der Waals surface area contributed by atoms with Crippen LogP contribution in [0.2, 0.25) is 0 Å². The first-order valence-corrected chi connectivity index (χ1v) is 12.1. The van der Waals surface area contributed by atoms with Gasteiger partial charge in [-0.15, -0.1) is 0 Å². The van der Waals surface area contributed by atoms with Crippen molar-refractivity contribution in [1.29, 1.82) is 0 Å². The molecule has 2 fully saturated rings. The van der Waals surface area contributed by atoms with Crippen LogP contribution in [-0.2, 0) is 12.0 Å². The van der Waals surface area contributed by atoms with Crippen LogP contribution in [0.15, 0.2) is 54.6 Å². The predicted molar refractivity (Wildman–Crippen MR) is 130 cm³/mol. The van der Waals surface area contributed by atoms with Crippen molar-refractivity contribution in [2.24, 2.45) is 0 Å². The fraction of sp³-hybridized carbons (Fsp3) is 0.357. The molecule has 0 radical (unpaired) electrons. The third-order valence-electron chi connectivity index (χ3n) is 7.17. The standard InChI is InChI=1S/C28H27F4N3O/c1-19-15-25(24(29)17-20-7-9-23(10-8-20)27(11-12-27)28(30,31)32)33-35(19)18-21-5-4-6-22(16-21)26(36)34-13-2-3-14-34/h4-10,15-17H,2-3,11-14,18H2,1H3/b24-17-. The lowest BCUT2D eigenvalue weighted by Crippen LogP contribution is -2.28. The third kappa shape index (κ3) is 4.68. The maximum absolute atomic E-state index is 15.0.